The van der Waals surface area contributed by atoms with E-state index in [1.54, 1.807) is 0 Å². The topological polar surface area (TPSA) is 42.5 Å². The van der Waals surface area contributed by atoms with Gasteiger partial charge in [0, 0.05) is 18.3 Å². The summed E-state index contributed by atoms with van der Waals surface area (Å²) in [7, 11) is 0. The molecule has 0 amide bonds. The van der Waals surface area contributed by atoms with Crippen molar-refractivity contribution in [3.63, 3.8) is 0 Å². The summed E-state index contributed by atoms with van der Waals surface area (Å²) in [5.74, 6) is 1.54. The molecule has 2 aromatic rings. The summed E-state index contributed by atoms with van der Waals surface area (Å²) >= 11 is 5.35. The highest BCUT2D eigenvalue weighted by atomic mass is 32.1. The smallest absolute Gasteiger partial charge is 0.170 e. The fraction of sp³-hybridized carbons (Fsp3) is 0.316. The molecule has 0 aromatic heterocycles. The number of aryl methyl sites for hydroxylation is 2. The van der Waals surface area contributed by atoms with Crippen molar-refractivity contribution in [2.45, 2.75) is 19.8 Å². The Morgan fingerprint density at radius 1 is 1.08 bits per heavy atom. The summed E-state index contributed by atoms with van der Waals surface area (Å²) in [6, 6.07) is 14.4. The number of thiocarbonyl (C=S) groups is 1. The van der Waals surface area contributed by atoms with Crippen molar-refractivity contribution in [3.8, 4) is 11.5 Å². The molecule has 3 rings (SSSR count). The Bertz CT molecular complexity index is 718. The lowest BCUT2D eigenvalue weighted by molar-refractivity contribution is 0.171. The van der Waals surface area contributed by atoms with Crippen LogP contribution in [0.5, 0.6) is 11.5 Å². The van der Waals surface area contributed by atoms with Gasteiger partial charge in [-0.3, -0.25) is 0 Å². The molecule has 0 radical (unpaired) electrons. The van der Waals surface area contributed by atoms with Gasteiger partial charge in [-0.1, -0.05) is 29.8 Å². The second-order valence-corrected chi connectivity index (χ2v) is 6.24. The quantitative estimate of drug-likeness (QED) is 0.641. The summed E-state index contributed by atoms with van der Waals surface area (Å²) in [6.07, 6.45) is 2.08. The maximum absolute atomic E-state index is 5.57. The van der Waals surface area contributed by atoms with Crippen molar-refractivity contribution in [3.05, 3.63) is 53.6 Å². The lowest BCUT2D eigenvalue weighted by Gasteiger charge is -2.19. The normalized spacial score (nSPS) is 12.5. The van der Waals surface area contributed by atoms with Gasteiger partial charge >= 0.3 is 0 Å². The van der Waals surface area contributed by atoms with Crippen LogP contribution in [-0.2, 0) is 6.42 Å². The largest absolute Gasteiger partial charge is 0.486 e. The van der Waals surface area contributed by atoms with Gasteiger partial charge in [-0.25, -0.2) is 0 Å². The number of anilines is 1. The maximum atomic E-state index is 5.57. The zero-order valence-corrected chi connectivity index (χ0v) is 14.6. The number of benzene rings is 2. The first-order valence-corrected chi connectivity index (χ1v) is 8.61. The third kappa shape index (κ3) is 4.61. The molecule has 0 saturated carbocycles. The number of fused-ring (bicyclic) bond motifs is 1. The van der Waals surface area contributed by atoms with Gasteiger partial charge in [-0.15, -0.1) is 0 Å². The van der Waals surface area contributed by atoms with Crippen LogP contribution >= 0.6 is 12.2 Å². The minimum Gasteiger partial charge on any atom is -0.486 e. The van der Waals surface area contributed by atoms with Crippen molar-refractivity contribution >= 4 is 23.0 Å². The van der Waals surface area contributed by atoms with E-state index in [9.17, 15) is 0 Å². The van der Waals surface area contributed by atoms with E-state index < -0.39 is 0 Å². The zero-order chi connectivity index (χ0) is 16.8. The maximum Gasteiger partial charge on any atom is 0.170 e. The minimum absolute atomic E-state index is 0.581. The van der Waals surface area contributed by atoms with Crippen LogP contribution in [0.2, 0.25) is 0 Å². The Hall–Kier alpha value is -2.27. The lowest BCUT2D eigenvalue weighted by atomic mass is 10.1. The fourth-order valence-electron chi connectivity index (χ4n) is 2.66. The average molecular weight is 342 g/mol. The molecule has 24 heavy (non-hydrogen) atoms. The molecule has 0 aliphatic carbocycles. The van der Waals surface area contributed by atoms with Crippen molar-refractivity contribution in [1.29, 1.82) is 0 Å². The Balaban J connectivity index is 1.42. The minimum atomic E-state index is 0.581. The molecule has 126 valence electrons. The van der Waals surface area contributed by atoms with Crippen LogP contribution in [0.3, 0.4) is 0 Å². The van der Waals surface area contributed by atoms with Gasteiger partial charge in [0.05, 0.1) is 0 Å². The molecule has 0 spiro atoms. The van der Waals surface area contributed by atoms with E-state index in [-0.39, 0.29) is 0 Å². The van der Waals surface area contributed by atoms with Gasteiger partial charge in [0.2, 0.25) is 0 Å². The van der Waals surface area contributed by atoms with Gasteiger partial charge in [0.15, 0.2) is 16.6 Å². The molecule has 0 unspecified atom stereocenters. The van der Waals surface area contributed by atoms with Gasteiger partial charge in [0.1, 0.15) is 13.2 Å². The standard InChI is InChI=1S/C19H22N2O2S/c1-14-4-2-5-15(12-14)6-3-9-20-19(24)21-16-7-8-17-18(13-16)23-11-10-22-17/h2,4-5,7-8,12-13H,3,6,9-11H2,1H3,(H2,20,21,24). The van der Waals surface area contributed by atoms with Crippen LogP contribution in [-0.4, -0.2) is 24.9 Å². The molecule has 1 aliphatic heterocycles. The summed E-state index contributed by atoms with van der Waals surface area (Å²) < 4.78 is 11.1. The second-order valence-electron chi connectivity index (χ2n) is 5.83. The number of ether oxygens (including phenoxy) is 2. The van der Waals surface area contributed by atoms with Crippen molar-refractivity contribution in [1.82, 2.24) is 5.32 Å². The predicted molar refractivity (Wildman–Crippen MR) is 101 cm³/mol. The molecule has 2 N–H and O–H groups in total. The van der Waals surface area contributed by atoms with Crippen LogP contribution in [0, 0.1) is 6.92 Å². The molecule has 0 atom stereocenters. The first-order chi connectivity index (χ1) is 11.7. The van der Waals surface area contributed by atoms with Gasteiger partial charge in [0.25, 0.3) is 0 Å². The molecule has 0 saturated heterocycles. The molecule has 4 nitrogen and oxygen atoms in total. The van der Waals surface area contributed by atoms with Crippen LogP contribution < -0.4 is 20.1 Å². The van der Waals surface area contributed by atoms with Gasteiger partial charge in [-0.2, -0.15) is 0 Å². The second kappa shape index (κ2) is 8.02. The first kappa shape index (κ1) is 16.6. The third-order valence-corrected chi connectivity index (χ3v) is 4.06. The SMILES string of the molecule is Cc1cccc(CCCNC(=S)Nc2ccc3c(c2)OCCO3)c1. The highest BCUT2D eigenvalue weighted by Crippen LogP contribution is 2.32. The Kier molecular flexibility index (Phi) is 5.54. The first-order valence-electron chi connectivity index (χ1n) is 8.21. The van der Waals surface area contributed by atoms with E-state index in [0.29, 0.717) is 18.3 Å². The summed E-state index contributed by atoms with van der Waals surface area (Å²) in [6.45, 7) is 4.14. The van der Waals surface area contributed by atoms with Crippen LogP contribution in [0.25, 0.3) is 0 Å². The van der Waals surface area contributed by atoms with E-state index in [1.165, 1.54) is 11.1 Å². The highest BCUT2D eigenvalue weighted by Gasteiger charge is 2.11. The van der Waals surface area contributed by atoms with E-state index >= 15 is 0 Å². The molecular weight excluding hydrogens is 320 g/mol. The van der Waals surface area contributed by atoms with Crippen LogP contribution in [0.15, 0.2) is 42.5 Å². The molecule has 0 bridgehead atoms. The summed E-state index contributed by atoms with van der Waals surface area (Å²) in [4.78, 5) is 0. The molecular formula is C19H22N2O2S. The van der Waals surface area contributed by atoms with E-state index in [1.807, 2.05) is 18.2 Å². The Morgan fingerprint density at radius 3 is 2.75 bits per heavy atom. The highest BCUT2D eigenvalue weighted by molar-refractivity contribution is 7.80. The number of hydrogen-bond acceptors (Lipinski definition) is 3. The Labute approximate surface area is 148 Å². The summed E-state index contributed by atoms with van der Waals surface area (Å²) in [5.41, 5.74) is 3.56. The zero-order valence-electron chi connectivity index (χ0n) is 13.8. The monoisotopic (exact) mass is 342 g/mol. The third-order valence-electron chi connectivity index (χ3n) is 3.81. The Morgan fingerprint density at radius 2 is 1.92 bits per heavy atom. The molecule has 1 heterocycles. The average Bonchev–Trinajstić information content (AvgIpc) is 2.59. The lowest BCUT2D eigenvalue weighted by Crippen LogP contribution is -2.29. The van der Waals surface area contributed by atoms with E-state index in [4.69, 9.17) is 21.7 Å². The molecule has 1 aliphatic rings. The van der Waals surface area contributed by atoms with Crippen LogP contribution in [0.4, 0.5) is 5.69 Å². The predicted octanol–water partition coefficient (Wildman–Crippen LogP) is 3.69. The van der Waals surface area contributed by atoms with Crippen molar-refractivity contribution in [2.24, 2.45) is 0 Å². The van der Waals surface area contributed by atoms with Crippen molar-refractivity contribution in [2.75, 3.05) is 25.1 Å². The van der Waals surface area contributed by atoms with Gasteiger partial charge < -0.3 is 20.1 Å². The number of nitrogens with one attached hydrogen (secondary N) is 2. The molecule has 2 aromatic carbocycles. The van der Waals surface area contributed by atoms with Crippen LogP contribution in [0.1, 0.15) is 17.5 Å². The fourth-order valence-corrected chi connectivity index (χ4v) is 2.88. The van der Waals surface area contributed by atoms with E-state index in [2.05, 4.69) is 41.8 Å². The molecule has 0 fully saturated rings. The van der Waals surface area contributed by atoms with E-state index in [0.717, 1.165) is 36.6 Å². The number of hydrogen-bond donors (Lipinski definition) is 2. The summed E-state index contributed by atoms with van der Waals surface area (Å²) in [5, 5.41) is 7.05. The van der Waals surface area contributed by atoms with Crippen molar-refractivity contribution < 1.29 is 9.47 Å². The number of rotatable bonds is 5. The van der Waals surface area contributed by atoms with Gasteiger partial charge in [-0.05, 0) is 49.7 Å². The molecule has 5 heteroatoms.